The first-order valence-electron chi connectivity index (χ1n) is 14.9. The largest absolute Gasteiger partial charge is 2.00 e. The number of nitrogens with zero attached hydrogens (tertiary/aromatic N) is 7. The maximum absolute atomic E-state index is 6.34. The summed E-state index contributed by atoms with van der Waals surface area (Å²) in [5, 5.41) is 2.19. The van der Waals surface area contributed by atoms with Crippen molar-refractivity contribution in [3.8, 4) is 51.2 Å². The van der Waals surface area contributed by atoms with Gasteiger partial charge in [0.25, 0.3) is 0 Å². The van der Waals surface area contributed by atoms with Crippen LogP contribution in [0.1, 0.15) is 0 Å². The molecule has 0 bridgehead atoms. The van der Waals surface area contributed by atoms with Crippen molar-refractivity contribution in [3.05, 3.63) is 128 Å². The van der Waals surface area contributed by atoms with Crippen LogP contribution < -0.4 is 0 Å². The molecule has 0 N–H and O–H groups in total. The van der Waals surface area contributed by atoms with Gasteiger partial charge in [-0.05, 0) is 52.6 Å². The summed E-state index contributed by atoms with van der Waals surface area (Å²) in [4.78, 5) is 18.6. The summed E-state index contributed by atoms with van der Waals surface area (Å²) < 4.78 is 12.5. The van der Waals surface area contributed by atoms with Gasteiger partial charge in [-0.25, -0.2) is 9.97 Å². The van der Waals surface area contributed by atoms with Crippen molar-refractivity contribution in [2.75, 3.05) is 0 Å². The summed E-state index contributed by atoms with van der Waals surface area (Å²) in [6, 6.07) is 36.0. The van der Waals surface area contributed by atoms with Gasteiger partial charge in [-0.3, -0.25) is 4.98 Å². The number of benzene rings is 4. The van der Waals surface area contributed by atoms with Gasteiger partial charge in [0, 0.05) is 56.2 Å². The molecule has 0 aliphatic carbocycles. The zero-order chi connectivity index (χ0) is 30.8. The van der Waals surface area contributed by atoms with E-state index in [1.807, 2.05) is 84.3 Å². The number of fused-ring (bicyclic) bond motifs is 4. The summed E-state index contributed by atoms with van der Waals surface area (Å²) >= 11 is 0. The Morgan fingerprint density at radius 3 is 2.21 bits per heavy atom. The molecule has 0 atom stereocenters. The Balaban J connectivity index is 0.00000324. The predicted molar refractivity (Wildman–Crippen MR) is 179 cm³/mol. The first kappa shape index (κ1) is 28.9. The van der Waals surface area contributed by atoms with E-state index in [0.717, 1.165) is 72.6 Å². The van der Waals surface area contributed by atoms with Crippen molar-refractivity contribution in [2.45, 2.75) is 0 Å². The topological polar surface area (TPSA) is 79.5 Å². The third-order valence-corrected chi connectivity index (χ3v) is 8.40. The van der Waals surface area contributed by atoms with Crippen LogP contribution in [-0.4, -0.2) is 33.6 Å². The number of aromatic nitrogens is 7. The Morgan fingerprint density at radius 2 is 1.45 bits per heavy atom. The number of hydrogen-bond acceptors (Lipinski definition) is 5. The predicted octanol–water partition coefficient (Wildman–Crippen LogP) is 8.05. The zero-order valence-corrected chi connectivity index (χ0v) is 27.6. The molecule has 228 valence electrons. The van der Waals surface area contributed by atoms with Crippen molar-refractivity contribution in [3.63, 3.8) is 0 Å². The van der Waals surface area contributed by atoms with Crippen molar-refractivity contribution in [1.82, 2.24) is 33.6 Å². The van der Waals surface area contributed by atoms with Crippen LogP contribution >= 0.6 is 0 Å². The van der Waals surface area contributed by atoms with E-state index >= 15 is 0 Å². The average Bonchev–Trinajstić information content (AvgIpc) is 3.89. The number of aryl methyl sites for hydroxylation is 2. The molecular formula is C38H25N7OPt. The molecule has 0 aliphatic rings. The fraction of sp³-hybridized carbons (Fsp3) is 0.0526. The van der Waals surface area contributed by atoms with E-state index in [4.69, 9.17) is 9.40 Å². The molecule has 0 aliphatic heterocycles. The fourth-order valence-corrected chi connectivity index (χ4v) is 6.20. The summed E-state index contributed by atoms with van der Waals surface area (Å²) in [6.07, 6.45) is 9.28. The SMILES string of the molecule is Cn1ccnc1-c1cc(-c2ccccn2)[c-]c(-n2c3[c-]c(-c4nc5ccc(-c6nccn6C)cc5o4)ccc3c3ccccc32)c1.[Pt+2]. The molecule has 9 heteroatoms. The molecule has 0 saturated carbocycles. The van der Waals surface area contributed by atoms with Crippen LogP contribution in [0.15, 0.2) is 120 Å². The molecule has 4 aromatic carbocycles. The van der Waals surface area contributed by atoms with E-state index in [1.165, 1.54) is 0 Å². The zero-order valence-electron chi connectivity index (χ0n) is 25.3. The minimum Gasteiger partial charge on any atom is -0.481 e. The third kappa shape index (κ3) is 4.80. The summed E-state index contributed by atoms with van der Waals surface area (Å²) in [6.45, 7) is 0. The van der Waals surface area contributed by atoms with Crippen LogP contribution in [0.4, 0.5) is 0 Å². The van der Waals surface area contributed by atoms with Gasteiger partial charge in [-0.2, -0.15) is 0 Å². The van der Waals surface area contributed by atoms with Gasteiger partial charge in [0.15, 0.2) is 0 Å². The summed E-state index contributed by atoms with van der Waals surface area (Å²) in [7, 11) is 3.98. The summed E-state index contributed by atoms with van der Waals surface area (Å²) in [5.41, 5.74) is 8.68. The van der Waals surface area contributed by atoms with Crippen LogP contribution in [-0.2, 0) is 35.2 Å². The van der Waals surface area contributed by atoms with Gasteiger partial charge in [0.2, 0.25) is 0 Å². The Bertz CT molecular complexity index is 2570. The maximum atomic E-state index is 6.34. The Hall–Kier alpha value is -5.59. The Labute approximate surface area is 284 Å². The molecule has 0 fully saturated rings. The molecular weight excluding hydrogens is 766 g/mol. The molecule has 0 amide bonds. The molecule has 5 aromatic heterocycles. The van der Waals surface area contributed by atoms with Crippen LogP contribution in [0.5, 0.6) is 0 Å². The van der Waals surface area contributed by atoms with Crippen LogP contribution in [0.2, 0.25) is 0 Å². The van der Waals surface area contributed by atoms with E-state index in [0.29, 0.717) is 11.5 Å². The van der Waals surface area contributed by atoms with E-state index in [1.54, 1.807) is 12.4 Å². The van der Waals surface area contributed by atoms with Crippen LogP contribution in [0, 0.1) is 12.1 Å². The minimum atomic E-state index is 0. The smallest absolute Gasteiger partial charge is 0.481 e. The van der Waals surface area contributed by atoms with Gasteiger partial charge in [0.1, 0.15) is 23.1 Å². The van der Waals surface area contributed by atoms with Gasteiger partial charge in [-0.1, -0.05) is 46.8 Å². The van der Waals surface area contributed by atoms with Crippen molar-refractivity contribution in [2.24, 2.45) is 14.1 Å². The van der Waals surface area contributed by atoms with E-state index < -0.39 is 0 Å². The Kier molecular flexibility index (Phi) is 6.96. The van der Waals surface area contributed by atoms with E-state index in [2.05, 4.69) is 74.1 Å². The average molecular weight is 791 g/mol. The number of hydrogen-bond donors (Lipinski definition) is 0. The molecule has 9 aromatic rings. The molecule has 0 spiro atoms. The van der Waals surface area contributed by atoms with Crippen LogP contribution in [0.3, 0.4) is 0 Å². The van der Waals surface area contributed by atoms with E-state index in [9.17, 15) is 0 Å². The van der Waals surface area contributed by atoms with E-state index in [-0.39, 0.29) is 21.1 Å². The molecule has 0 unspecified atom stereocenters. The fourth-order valence-electron chi connectivity index (χ4n) is 6.20. The van der Waals surface area contributed by atoms with Crippen LogP contribution in [0.25, 0.3) is 84.1 Å². The molecule has 0 saturated heterocycles. The Morgan fingerprint density at radius 1 is 0.660 bits per heavy atom. The quantitative estimate of drug-likeness (QED) is 0.165. The normalized spacial score (nSPS) is 11.4. The molecule has 5 heterocycles. The summed E-state index contributed by atoms with van der Waals surface area (Å²) in [5.74, 6) is 2.23. The first-order valence-corrected chi connectivity index (χ1v) is 14.9. The first-order chi connectivity index (χ1) is 22.6. The second-order valence-electron chi connectivity index (χ2n) is 11.3. The monoisotopic (exact) mass is 790 g/mol. The van der Waals surface area contributed by atoms with Gasteiger partial charge < -0.3 is 23.1 Å². The van der Waals surface area contributed by atoms with Gasteiger partial charge in [0.05, 0.1) is 5.52 Å². The molecule has 8 nitrogen and oxygen atoms in total. The maximum Gasteiger partial charge on any atom is 2.00 e. The second-order valence-corrected chi connectivity index (χ2v) is 11.3. The van der Waals surface area contributed by atoms with Crippen molar-refractivity contribution in [1.29, 1.82) is 0 Å². The van der Waals surface area contributed by atoms with Crippen molar-refractivity contribution >= 4 is 32.9 Å². The number of rotatable bonds is 5. The minimum absolute atomic E-state index is 0. The third-order valence-electron chi connectivity index (χ3n) is 8.40. The number of para-hydroxylation sites is 1. The standard InChI is InChI=1S/C38H25N7O.Pt/c1-43-17-15-40-36(43)24-11-13-32-35(23-24)46-38(42-32)25-10-12-30-29-7-3-4-9-33(29)45(34(30)22-25)28-20-26(31-8-5-6-14-39-31)19-27(21-28)37-41-16-18-44(37)2;/h3-19,21,23H,1-2H3;/q-2;+2. The molecule has 9 rings (SSSR count). The molecule has 47 heavy (non-hydrogen) atoms. The second kappa shape index (κ2) is 11.3. The van der Waals surface area contributed by atoms with Crippen molar-refractivity contribution < 1.29 is 25.5 Å². The van der Waals surface area contributed by atoms with Gasteiger partial charge in [-0.15, -0.1) is 42.0 Å². The number of pyridine rings is 1. The number of oxazole rings is 1. The molecule has 0 radical (unpaired) electrons. The number of imidazole rings is 2. The van der Waals surface area contributed by atoms with Gasteiger partial charge >= 0.3 is 21.1 Å².